The van der Waals surface area contributed by atoms with Crippen LogP contribution in [-0.2, 0) is 9.53 Å². The van der Waals surface area contributed by atoms with Gasteiger partial charge in [0.25, 0.3) is 0 Å². The lowest BCUT2D eigenvalue weighted by Crippen LogP contribution is -2.52. The summed E-state index contributed by atoms with van der Waals surface area (Å²) in [7, 11) is 1.64. The van der Waals surface area contributed by atoms with Crippen LogP contribution in [-0.4, -0.2) is 50.5 Å². The number of methoxy groups -OCH3 is 1. The summed E-state index contributed by atoms with van der Waals surface area (Å²) in [6, 6.07) is 0.0612. The third-order valence-electron chi connectivity index (χ3n) is 3.77. The zero-order valence-electron chi connectivity index (χ0n) is 11.5. The predicted octanol–water partition coefficient (Wildman–Crippen LogP) is 0.280. The molecule has 1 amide bonds. The number of carbonyl (C=O) groups excluding carboxylic acids is 1. The van der Waals surface area contributed by atoms with Crippen LogP contribution in [0, 0.1) is 5.41 Å². The number of hydrogen-bond donors (Lipinski definition) is 3. The van der Waals surface area contributed by atoms with Crippen molar-refractivity contribution in [2.75, 3.05) is 33.4 Å². The van der Waals surface area contributed by atoms with Crippen molar-refractivity contribution in [2.45, 2.75) is 38.6 Å². The summed E-state index contributed by atoms with van der Waals surface area (Å²) in [5.74, 6) is 0.0751. The predicted molar refractivity (Wildman–Crippen MR) is 70.3 cm³/mol. The number of carbonyl (C=O) groups is 1. The number of aliphatic hydroxyl groups is 1. The van der Waals surface area contributed by atoms with Crippen LogP contribution >= 0.6 is 0 Å². The molecule has 1 atom stereocenters. The Bertz CT molecular complexity index is 247. The van der Waals surface area contributed by atoms with Crippen LogP contribution in [0.1, 0.15) is 32.6 Å². The lowest BCUT2D eigenvalue weighted by Gasteiger charge is -2.36. The molecular weight excluding hydrogens is 232 g/mol. The zero-order chi connectivity index (χ0) is 13.4. The van der Waals surface area contributed by atoms with E-state index in [4.69, 9.17) is 9.84 Å². The van der Waals surface area contributed by atoms with E-state index in [0.717, 1.165) is 32.4 Å². The van der Waals surface area contributed by atoms with Crippen LogP contribution in [0.25, 0.3) is 0 Å². The van der Waals surface area contributed by atoms with Crippen molar-refractivity contribution in [1.82, 2.24) is 10.6 Å². The van der Waals surface area contributed by atoms with Gasteiger partial charge in [-0.1, -0.05) is 6.92 Å². The molecule has 0 aromatic heterocycles. The van der Waals surface area contributed by atoms with Gasteiger partial charge in [0.05, 0.1) is 12.0 Å². The quantitative estimate of drug-likeness (QED) is 0.613. The molecule has 1 rings (SSSR count). The van der Waals surface area contributed by atoms with Crippen LogP contribution in [0.3, 0.4) is 0 Å². The van der Waals surface area contributed by atoms with Gasteiger partial charge in [-0.3, -0.25) is 4.79 Å². The molecular formula is C13H26N2O3. The molecule has 3 N–H and O–H groups in total. The van der Waals surface area contributed by atoms with E-state index in [1.165, 1.54) is 0 Å². The summed E-state index contributed by atoms with van der Waals surface area (Å²) < 4.78 is 5.24. The molecule has 1 heterocycles. The second-order valence-corrected chi connectivity index (χ2v) is 5.05. The highest BCUT2D eigenvalue weighted by atomic mass is 16.5. The summed E-state index contributed by atoms with van der Waals surface area (Å²) >= 11 is 0. The van der Waals surface area contributed by atoms with Crippen LogP contribution in [0.5, 0.6) is 0 Å². The first-order chi connectivity index (χ1) is 8.68. The van der Waals surface area contributed by atoms with Gasteiger partial charge in [0.1, 0.15) is 0 Å². The molecule has 0 bridgehead atoms. The van der Waals surface area contributed by atoms with Gasteiger partial charge in [-0.2, -0.15) is 0 Å². The van der Waals surface area contributed by atoms with Gasteiger partial charge in [0.2, 0.25) is 5.91 Å². The summed E-state index contributed by atoms with van der Waals surface area (Å²) in [6.07, 6.45) is 3.07. The first-order valence-corrected chi connectivity index (χ1v) is 6.80. The molecule has 0 aromatic rings. The molecule has 1 aliphatic heterocycles. The zero-order valence-corrected chi connectivity index (χ0v) is 11.5. The number of amides is 1. The lowest BCUT2D eigenvalue weighted by atomic mass is 9.78. The summed E-state index contributed by atoms with van der Waals surface area (Å²) in [4.78, 5) is 12.5. The van der Waals surface area contributed by atoms with Crippen molar-refractivity contribution < 1.29 is 14.6 Å². The van der Waals surface area contributed by atoms with E-state index in [9.17, 15) is 4.79 Å². The molecule has 1 fully saturated rings. The van der Waals surface area contributed by atoms with Crippen molar-refractivity contribution in [2.24, 2.45) is 5.41 Å². The molecule has 1 unspecified atom stereocenters. The Morgan fingerprint density at radius 2 is 2.17 bits per heavy atom. The Morgan fingerprint density at radius 1 is 1.50 bits per heavy atom. The SMILES string of the molecule is CCC(CCO)NC(=O)C1(COC)CCNCC1. The maximum absolute atomic E-state index is 12.5. The second kappa shape index (κ2) is 7.71. The van der Waals surface area contributed by atoms with Gasteiger partial charge >= 0.3 is 0 Å². The number of piperidine rings is 1. The Kier molecular flexibility index (Phi) is 6.60. The highest BCUT2D eigenvalue weighted by Crippen LogP contribution is 2.29. The third kappa shape index (κ3) is 3.93. The fourth-order valence-corrected chi connectivity index (χ4v) is 2.49. The largest absolute Gasteiger partial charge is 0.396 e. The minimum absolute atomic E-state index is 0.0612. The third-order valence-corrected chi connectivity index (χ3v) is 3.77. The normalized spacial score (nSPS) is 20.4. The molecule has 0 spiro atoms. The molecule has 5 nitrogen and oxygen atoms in total. The molecule has 0 aliphatic carbocycles. The van der Waals surface area contributed by atoms with E-state index >= 15 is 0 Å². The van der Waals surface area contributed by atoms with Crippen molar-refractivity contribution in [3.05, 3.63) is 0 Å². The highest BCUT2D eigenvalue weighted by Gasteiger charge is 2.40. The topological polar surface area (TPSA) is 70.6 Å². The van der Waals surface area contributed by atoms with Crippen LogP contribution < -0.4 is 10.6 Å². The van der Waals surface area contributed by atoms with E-state index in [1.54, 1.807) is 7.11 Å². The summed E-state index contributed by atoms with van der Waals surface area (Å²) in [5.41, 5.74) is -0.400. The van der Waals surface area contributed by atoms with Gasteiger partial charge in [0, 0.05) is 19.8 Å². The minimum Gasteiger partial charge on any atom is -0.396 e. The van der Waals surface area contributed by atoms with E-state index in [2.05, 4.69) is 10.6 Å². The maximum atomic E-state index is 12.5. The number of nitrogens with one attached hydrogen (secondary N) is 2. The number of aliphatic hydroxyl groups excluding tert-OH is 1. The highest BCUT2D eigenvalue weighted by molar-refractivity contribution is 5.83. The van der Waals surface area contributed by atoms with Gasteiger partial charge < -0.3 is 20.5 Å². The van der Waals surface area contributed by atoms with Crippen LogP contribution in [0.2, 0.25) is 0 Å². The molecule has 5 heteroatoms. The molecule has 18 heavy (non-hydrogen) atoms. The van der Waals surface area contributed by atoms with Gasteiger partial charge in [0.15, 0.2) is 0 Å². The van der Waals surface area contributed by atoms with Gasteiger partial charge in [-0.15, -0.1) is 0 Å². The minimum atomic E-state index is -0.400. The molecule has 1 aliphatic rings. The summed E-state index contributed by atoms with van der Waals surface area (Å²) in [5, 5.41) is 15.3. The smallest absolute Gasteiger partial charge is 0.228 e. The molecule has 106 valence electrons. The van der Waals surface area contributed by atoms with Gasteiger partial charge in [-0.05, 0) is 38.8 Å². The van der Waals surface area contributed by atoms with Gasteiger partial charge in [-0.25, -0.2) is 0 Å². The average Bonchev–Trinajstić information content (AvgIpc) is 2.39. The molecule has 1 saturated heterocycles. The maximum Gasteiger partial charge on any atom is 0.228 e. The Hall–Kier alpha value is -0.650. The van der Waals surface area contributed by atoms with Crippen molar-refractivity contribution >= 4 is 5.91 Å². The Labute approximate surface area is 109 Å². The van der Waals surface area contributed by atoms with Crippen molar-refractivity contribution in [3.63, 3.8) is 0 Å². The molecule has 0 aromatic carbocycles. The van der Waals surface area contributed by atoms with Crippen molar-refractivity contribution in [3.8, 4) is 0 Å². The first kappa shape index (κ1) is 15.4. The fourth-order valence-electron chi connectivity index (χ4n) is 2.49. The van der Waals surface area contributed by atoms with E-state index in [1.807, 2.05) is 6.92 Å². The van der Waals surface area contributed by atoms with Crippen molar-refractivity contribution in [1.29, 1.82) is 0 Å². The van der Waals surface area contributed by atoms with Crippen LogP contribution in [0.15, 0.2) is 0 Å². The first-order valence-electron chi connectivity index (χ1n) is 6.80. The average molecular weight is 258 g/mol. The van der Waals surface area contributed by atoms with Crippen LogP contribution in [0.4, 0.5) is 0 Å². The van der Waals surface area contributed by atoms with E-state index in [-0.39, 0.29) is 18.6 Å². The monoisotopic (exact) mass is 258 g/mol. The number of ether oxygens (including phenoxy) is 1. The lowest BCUT2D eigenvalue weighted by molar-refractivity contribution is -0.137. The Morgan fingerprint density at radius 3 is 2.67 bits per heavy atom. The second-order valence-electron chi connectivity index (χ2n) is 5.05. The Balaban J connectivity index is 2.63. The summed E-state index contributed by atoms with van der Waals surface area (Å²) in [6.45, 7) is 4.31. The standard InChI is InChI=1S/C13H26N2O3/c1-3-11(4-9-16)15-12(17)13(10-18-2)5-7-14-8-6-13/h11,14,16H,3-10H2,1-2H3,(H,15,17). The van der Waals surface area contributed by atoms with E-state index < -0.39 is 5.41 Å². The molecule has 0 radical (unpaired) electrons. The fraction of sp³-hybridized carbons (Fsp3) is 0.923. The number of hydrogen-bond acceptors (Lipinski definition) is 4. The molecule has 0 saturated carbocycles. The number of rotatable bonds is 7. The van der Waals surface area contributed by atoms with E-state index in [0.29, 0.717) is 13.0 Å².